The second kappa shape index (κ2) is 4.59. The average Bonchev–Trinajstić information content (AvgIpc) is 2.76. The first kappa shape index (κ1) is 12.3. The van der Waals surface area contributed by atoms with E-state index in [2.05, 4.69) is 15.9 Å². The first-order chi connectivity index (χ1) is 7.52. The maximum Gasteiger partial charge on any atom is 0.145 e. The summed E-state index contributed by atoms with van der Waals surface area (Å²) in [5.74, 6) is 0.298. The highest BCUT2D eigenvalue weighted by atomic mass is 79.9. The Balaban J connectivity index is 2.08. The second-order valence-electron chi connectivity index (χ2n) is 4.75. The SMILES string of the molecule is CC1(C(=O)Cc2cc(Br)cs2)CCCC1N. The normalized spacial score (nSPS) is 29.6. The third-order valence-electron chi connectivity index (χ3n) is 3.62. The molecule has 4 heteroatoms. The van der Waals surface area contributed by atoms with E-state index in [0.717, 1.165) is 28.6 Å². The molecule has 1 aromatic heterocycles. The van der Waals surface area contributed by atoms with Gasteiger partial charge in [0.2, 0.25) is 0 Å². The summed E-state index contributed by atoms with van der Waals surface area (Å²) in [5, 5.41) is 2.01. The van der Waals surface area contributed by atoms with Gasteiger partial charge in [-0.15, -0.1) is 11.3 Å². The Morgan fingerprint density at radius 3 is 3.00 bits per heavy atom. The lowest BCUT2D eigenvalue weighted by Crippen LogP contribution is -2.41. The quantitative estimate of drug-likeness (QED) is 0.932. The van der Waals surface area contributed by atoms with Gasteiger partial charge in [-0.2, -0.15) is 0 Å². The molecule has 2 N–H and O–H groups in total. The monoisotopic (exact) mass is 301 g/mol. The molecule has 0 aromatic carbocycles. The number of hydrogen-bond acceptors (Lipinski definition) is 3. The molecule has 2 nitrogen and oxygen atoms in total. The first-order valence-electron chi connectivity index (χ1n) is 5.54. The van der Waals surface area contributed by atoms with Gasteiger partial charge in [0.1, 0.15) is 5.78 Å². The van der Waals surface area contributed by atoms with E-state index in [1.807, 2.05) is 18.4 Å². The van der Waals surface area contributed by atoms with Crippen LogP contribution in [0.25, 0.3) is 0 Å². The van der Waals surface area contributed by atoms with Crippen LogP contribution in [0, 0.1) is 5.41 Å². The molecule has 88 valence electrons. The van der Waals surface area contributed by atoms with Gasteiger partial charge < -0.3 is 5.73 Å². The van der Waals surface area contributed by atoms with Crippen LogP contribution in [0.3, 0.4) is 0 Å². The van der Waals surface area contributed by atoms with Gasteiger partial charge >= 0.3 is 0 Å². The summed E-state index contributed by atoms with van der Waals surface area (Å²) in [6.45, 7) is 2.02. The molecule has 0 aliphatic heterocycles. The van der Waals surface area contributed by atoms with Crippen LogP contribution in [0.2, 0.25) is 0 Å². The third kappa shape index (κ3) is 2.24. The molecule has 1 aliphatic carbocycles. The van der Waals surface area contributed by atoms with Crippen molar-refractivity contribution in [3.63, 3.8) is 0 Å². The van der Waals surface area contributed by atoms with Gasteiger partial charge in [0.15, 0.2) is 0 Å². The number of carbonyl (C=O) groups excluding carboxylic acids is 1. The standard InChI is InChI=1S/C12H16BrNOS/c1-12(4-2-3-10(12)14)11(15)6-9-5-8(13)7-16-9/h5,7,10H,2-4,6,14H2,1H3. The zero-order valence-electron chi connectivity index (χ0n) is 9.33. The lowest BCUT2D eigenvalue weighted by Gasteiger charge is -2.27. The molecule has 2 unspecified atom stereocenters. The Hall–Kier alpha value is -0.190. The minimum absolute atomic E-state index is 0.0448. The Morgan fingerprint density at radius 2 is 2.50 bits per heavy atom. The van der Waals surface area contributed by atoms with Gasteiger partial charge in [0, 0.05) is 32.6 Å². The van der Waals surface area contributed by atoms with Crippen LogP contribution < -0.4 is 5.73 Å². The zero-order valence-corrected chi connectivity index (χ0v) is 11.7. The van der Waals surface area contributed by atoms with Crippen molar-refractivity contribution in [2.75, 3.05) is 0 Å². The maximum absolute atomic E-state index is 12.3. The van der Waals surface area contributed by atoms with Crippen LogP contribution in [-0.4, -0.2) is 11.8 Å². The molecule has 16 heavy (non-hydrogen) atoms. The minimum atomic E-state index is -0.295. The van der Waals surface area contributed by atoms with E-state index in [0.29, 0.717) is 12.2 Å². The Kier molecular flexibility index (Phi) is 3.52. The van der Waals surface area contributed by atoms with E-state index in [-0.39, 0.29) is 11.5 Å². The molecule has 0 bridgehead atoms. The molecule has 2 rings (SSSR count). The van der Waals surface area contributed by atoms with Crippen LogP contribution in [0.1, 0.15) is 31.1 Å². The van der Waals surface area contributed by atoms with Gasteiger partial charge in [-0.1, -0.05) is 13.3 Å². The van der Waals surface area contributed by atoms with Gasteiger partial charge in [0.25, 0.3) is 0 Å². The van der Waals surface area contributed by atoms with Crippen molar-refractivity contribution in [3.05, 3.63) is 20.8 Å². The minimum Gasteiger partial charge on any atom is -0.327 e. The molecule has 1 aliphatic rings. The van der Waals surface area contributed by atoms with Crippen molar-refractivity contribution in [2.24, 2.45) is 11.1 Å². The lowest BCUT2D eigenvalue weighted by atomic mass is 9.79. The summed E-state index contributed by atoms with van der Waals surface area (Å²) in [7, 11) is 0. The fourth-order valence-corrected chi connectivity index (χ4v) is 3.80. The van der Waals surface area contributed by atoms with Gasteiger partial charge in [-0.05, 0) is 34.8 Å². The number of halogens is 1. The highest BCUT2D eigenvalue weighted by molar-refractivity contribution is 9.10. The zero-order chi connectivity index (χ0) is 11.8. The molecule has 1 heterocycles. The average molecular weight is 302 g/mol. The summed E-state index contributed by atoms with van der Waals surface area (Å²) in [5.41, 5.74) is 5.75. The van der Waals surface area contributed by atoms with E-state index in [1.165, 1.54) is 0 Å². The predicted molar refractivity (Wildman–Crippen MR) is 70.7 cm³/mol. The number of rotatable bonds is 3. The largest absolute Gasteiger partial charge is 0.327 e. The van der Waals surface area contributed by atoms with Crippen LogP contribution in [0.15, 0.2) is 15.9 Å². The molecular formula is C12H16BrNOS. The molecule has 0 spiro atoms. The molecule has 2 atom stereocenters. The Bertz CT molecular complexity index is 403. The van der Waals surface area contributed by atoms with E-state index >= 15 is 0 Å². The summed E-state index contributed by atoms with van der Waals surface area (Å²) in [6, 6.07) is 2.07. The van der Waals surface area contributed by atoms with Crippen LogP contribution in [-0.2, 0) is 11.2 Å². The maximum atomic E-state index is 12.3. The van der Waals surface area contributed by atoms with Crippen LogP contribution >= 0.6 is 27.3 Å². The molecule has 0 saturated heterocycles. The van der Waals surface area contributed by atoms with Crippen molar-refractivity contribution in [2.45, 2.75) is 38.6 Å². The van der Waals surface area contributed by atoms with Crippen molar-refractivity contribution < 1.29 is 4.79 Å². The van der Waals surface area contributed by atoms with E-state index in [9.17, 15) is 4.79 Å². The summed E-state index contributed by atoms with van der Waals surface area (Å²) >= 11 is 5.03. The summed E-state index contributed by atoms with van der Waals surface area (Å²) < 4.78 is 1.06. The fraction of sp³-hybridized carbons (Fsp3) is 0.583. The molecule has 1 fully saturated rings. The number of carbonyl (C=O) groups is 1. The van der Waals surface area contributed by atoms with E-state index in [4.69, 9.17) is 5.73 Å². The van der Waals surface area contributed by atoms with Crippen LogP contribution in [0.5, 0.6) is 0 Å². The molecule has 1 saturated carbocycles. The lowest BCUT2D eigenvalue weighted by molar-refractivity contribution is -0.127. The highest BCUT2D eigenvalue weighted by Gasteiger charge is 2.42. The summed E-state index contributed by atoms with van der Waals surface area (Å²) in [4.78, 5) is 13.4. The fourth-order valence-electron chi connectivity index (χ4n) is 2.35. The van der Waals surface area contributed by atoms with E-state index < -0.39 is 0 Å². The van der Waals surface area contributed by atoms with Crippen molar-refractivity contribution >= 4 is 33.0 Å². The molecule has 0 amide bonds. The van der Waals surface area contributed by atoms with Crippen LogP contribution in [0.4, 0.5) is 0 Å². The first-order valence-corrected chi connectivity index (χ1v) is 7.21. The second-order valence-corrected chi connectivity index (χ2v) is 6.66. The Labute approximate surface area is 108 Å². The highest BCUT2D eigenvalue weighted by Crippen LogP contribution is 2.38. The molecule has 0 radical (unpaired) electrons. The smallest absolute Gasteiger partial charge is 0.145 e. The van der Waals surface area contributed by atoms with Gasteiger partial charge in [0.05, 0.1) is 0 Å². The summed E-state index contributed by atoms with van der Waals surface area (Å²) in [6.07, 6.45) is 3.54. The topological polar surface area (TPSA) is 43.1 Å². The van der Waals surface area contributed by atoms with Gasteiger partial charge in [-0.3, -0.25) is 4.79 Å². The number of hydrogen-bond donors (Lipinski definition) is 1. The van der Waals surface area contributed by atoms with E-state index in [1.54, 1.807) is 11.3 Å². The number of thiophene rings is 1. The number of ketones is 1. The predicted octanol–water partition coefficient (Wildman–Crippen LogP) is 3.14. The molecular weight excluding hydrogens is 286 g/mol. The number of Topliss-reactive ketones (excluding diaryl/α,β-unsaturated/α-hetero) is 1. The van der Waals surface area contributed by atoms with Crippen molar-refractivity contribution in [1.29, 1.82) is 0 Å². The Morgan fingerprint density at radius 1 is 1.75 bits per heavy atom. The van der Waals surface area contributed by atoms with Crippen molar-refractivity contribution in [1.82, 2.24) is 0 Å². The van der Waals surface area contributed by atoms with Crippen molar-refractivity contribution in [3.8, 4) is 0 Å². The third-order valence-corrected chi connectivity index (χ3v) is 5.32. The number of nitrogens with two attached hydrogens (primary N) is 1. The van der Waals surface area contributed by atoms with Gasteiger partial charge in [-0.25, -0.2) is 0 Å². The molecule has 1 aromatic rings.